The fourth-order valence-electron chi connectivity index (χ4n) is 2.54. The summed E-state index contributed by atoms with van der Waals surface area (Å²) >= 11 is 0. The average Bonchev–Trinajstić information content (AvgIpc) is 2.67. The van der Waals surface area contributed by atoms with Gasteiger partial charge in [-0.15, -0.1) is 19.7 Å². The molecule has 1 aromatic carbocycles. The lowest BCUT2D eigenvalue weighted by atomic mass is 10.2. The highest BCUT2D eigenvalue weighted by atomic mass is 16.5. The van der Waals surface area contributed by atoms with Gasteiger partial charge < -0.3 is 14.2 Å². The van der Waals surface area contributed by atoms with Crippen LogP contribution in [0.3, 0.4) is 0 Å². The minimum atomic E-state index is 0.690. The third-order valence-corrected chi connectivity index (χ3v) is 4.07. The van der Waals surface area contributed by atoms with Crippen LogP contribution in [0.4, 0.5) is 0 Å². The summed E-state index contributed by atoms with van der Waals surface area (Å²) in [6.45, 7) is 13.3. The predicted octanol–water partition coefficient (Wildman–Crippen LogP) is 6.89. The molecule has 0 saturated carbocycles. The summed E-state index contributed by atoms with van der Waals surface area (Å²) in [5, 5.41) is 0. The van der Waals surface area contributed by atoms with Crippen molar-refractivity contribution < 1.29 is 14.2 Å². The van der Waals surface area contributed by atoms with Crippen LogP contribution in [0, 0.1) is 0 Å². The van der Waals surface area contributed by atoms with Crippen LogP contribution in [0.25, 0.3) is 0 Å². The molecule has 0 saturated heterocycles. The van der Waals surface area contributed by atoms with Crippen LogP contribution in [0.5, 0.6) is 17.2 Å². The van der Waals surface area contributed by atoms with E-state index in [2.05, 4.69) is 19.7 Å². The molecular formula is C24H36O3. The zero-order valence-electron chi connectivity index (χ0n) is 16.8. The van der Waals surface area contributed by atoms with E-state index in [1.165, 1.54) is 0 Å². The second kappa shape index (κ2) is 16.0. The molecule has 150 valence electrons. The molecule has 0 unspecified atom stereocenters. The molecule has 0 fully saturated rings. The van der Waals surface area contributed by atoms with E-state index in [1.807, 2.05) is 36.4 Å². The maximum Gasteiger partial charge on any atom is 0.126 e. The molecule has 0 aromatic heterocycles. The normalized spacial score (nSPS) is 10.2. The van der Waals surface area contributed by atoms with E-state index in [4.69, 9.17) is 14.2 Å². The Hall–Kier alpha value is -2.16. The second-order valence-electron chi connectivity index (χ2n) is 6.54. The predicted molar refractivity (Wildman–Crippen MR) is 115 cm³/mol. The molecular weight excluding hydrogens is 336 g/mol. The lowest BCUT2D eigenvalue weighted by molar-refractivity contribution is 0.278. The minimum absolute atomic E-state index is 0.690. The van der Waals surface area contributed by atoms with E-state index in [9.17, 15) is 0 Å². The van der Waals surface area contributed by atoms with Crippen molar-refractivity contribution in [2.24, 2.45) is 0 Å². The van der Waals surface area contributed by atoms with Gasteiger partial charge in [-0.1, -0.05) is 18.2 Å². The third-order valence-electron chi connectivity index (χ3n) is 4.07. The summed E-state index contributed by atoms with van der Waals surface area (Å²) in [5.41, 5.74) is 0. The number of rotatable bonds is 18. The van der Waals surface area contributed by atoms with E-state index in [0.29, 0.717) is 19.8 Å². The molecule has 0 aliphatic heterocycles. The van der Waals surface area contributed by atoms with Crippen molar-refractivity contribution >= 4 is 0 Å². The Bertz CT molecular complexity index is 448. The summed E-state index contributed by atoms with van der Waals surface area (Å²) in [6, 6.07) is 5.85. The highest BCUT2D eigenvalue weighted by Crippen LogP contribution is 2.28. The van der Waals surface area contributed by atoms with Crippen molar-refractivity contribution in [3.05, 3.63) is 56.2 Å². The molecule has 0 aliphatic carbocycles. The SMILES string of the molecule is C=CCCCCOc1cc(OCCCCC=C)cc(OCCCCC=C)c1. The molecule has 0 aliphatic rings. The van der Waals surface area contributed by atoms with Crippen LogP contribution in [0.15, 0.2) is 56.2 Å². The Morgan fingerprint density at radius 1 is 0.519 bits per heavy atom. The van der Waals surface area contributed by atoms with Crippen LogP contribution in [-0.4, -0.2) is 19.8 Å². The summed E-state index contributed by atoms with van der Waals surface area (Å²) in [5.74, 6) is 2.41. The minimum Gasteiger partial charge on any atom is -0.493 e. The molecule has 0 radical (unpaired) electrons. The van der Waals surface area contributed by atoms with E-state index in [0.717, 1.165) is 75.0 Å². The highest BCUT2D eigenvalue weighted by molar-refractivity contribution is 5.42. The maximum absolute atomic E-state index is 5.90. The van der Waals surface area contributed by atoms with Crippen LogP contribution in [0.1, 0.15) is 57.8 Å². The Kier molecular flexibility index (Phi) is 13.6. The summed E-state index contributed by atoms with van der Waals surface area (Å²) in [6.07, 6.45) is 15.2. The fraction of sp³-hybridized carbons (Fsp3) is 0.500. The first-order valence-corrected chi connectivity index (χ1v) is 10.2. The quantitative estimate of drug-likeness (QED) is 0.207. The molecule has 0 heterocycles. The fourth-order valence-corrected chi connectivity index (χ4v) is 2.54. The lowest BCUT2D eigenvalue weighted by Crippen LogP contribution is -2.02. The molecule has 0 N–H and O–H groups in total. The number of hydrogen-bond donors (Lipinski definition) is 0. The lowest BCUT2D eigenvalue weighted by Gasteiger charge is -2.13. The molecule has 3 nitrogen and oxygen atoms in total. The van der Waals surface area contributed by atoms with Gasteiger partial charge in [0, 0.05) is 18.2 Å². The van der Waals surface area contributed by atoms with Crippen molar-refractivity contribution in [1.82, 2.24) is 0 Å². The zero-order valence-corrected chi connectivity index (χ0v) is 16.8. The summed E-state index contributed by atoms with van der Waals surface area (Å²) in [4.78, 5) is 0. The smallest absolute Gasteiger partial charge is 0.126 e. The Morgan fingerprint density at radius 2 is 0.815 bits per heavy atom. The molecule has 3 heteroatoms. The van der Waals surface area contributed by atoms with E-state index >= 15 is 0 Å². The van der Waals surface area contributed by atoms with Gasteiger partial charge in [0.1, 0.15) is 17.2 Å². The van der Waals surface area contributed by atoms with E-state index < -0.39 is 0 Å². The standard InChI is InChI=1S/C24H36O3/c1-4-7-10-13-16-25-22-19-23(26-17-14-11-8-5-2)21-24(20-22)27-18-15-12-9-6-3/h4-6,19-21H,1-3,7-18H2. The monoisotopic (exact) mass is 372 g/mol. The van der Waals surface area contributed by atoms with Crippen LogP contribution in [0.2, 0.25) is 0 Å². The van der Waals surface area contributed by atoms with Gasteiger partial charge in [0.15, 0.2) is 0 Å². The Balaban J connectivity index is 2.55. The van der Waals surface area contributed by atoms with Crippen LogP contribution >= 0.6 is 0 Å². The average molecular weight is 373 g/mol. The zero-order chi connectivity index (χ0) is 19.6. The molecule has 0 atom stereocenters. The van der Waals surface area contributed by atoms with Crippen molar-refractivity contribution in [2.45, 2.75) is 57.8 Å². The van der Waals surface area contributed by atoms with Crippen molar-refractivity contribution in [3.63, 3.8) is 0 Å². The number of benzene rings is 1. The molecule has 27 heavy (non-hydrogen) atoms. The molecule has 0 spiro atoms. The number of unbranched alkanes of at least 4 members (excludes halogenated alkanes) is 6. The summed E-state index contributed by atoms with van der Waals surface area (Å²) in [7, 11) is 0. The second-order valence-corrected chi connectivity index (χ2v) is 6.54. The van der Waals surface area contributed by atoms with Gasteiger partial charge in [0.05, 0.1) is 19.8 Å². The molecule has 0 amide bonds. The number of allylic oxidation sites excluding steroid dienone is 3. The van der Waals surface area contributed by atoms with Crippen molar-refractivity contribution in [2.75, 3.05) is 19.8 Å². The van der Waals surface area contributed by atoms with Crippen molar-refractivity contribution in [1.29, 1.82) is 0 Å². The van der Waals surface area contributed by atoms with Gasteiger partial charge in [-0.05, 0) is 57.8 Å². The first-order valence-electron chi connectivity index (χ1n) is 10.2. The van der Waals surface area contributed by atoms with Gasteiger partial charge in [-0.25, -0.2) is 0 Å². The third kappa shape index (κ3) is 12.0. The van der Waals surface area contributed by atoms with Gasteiger partial charge in [0.2, 0.25) is 0 Å². The van der Waals surface area contributed by atoms with Crippen molar-refractivity contribution in [3.8, 4) is 17.2 Å². The number of ether oxygens (including phenoxy) is 3. The topological polar surface area (TPSA) is 27.7 Å². The first kappa shape index (κ1) is 22.9. The van der Waals surface area contributed by atoms with Gasteiger partial charge in [-0.2, -0.15) is 0 Å². The van der Waals surface area contributed by atoms with Gasteiger partial charge >= 0.3 is 0 Å². The van der Waals surface area contributed by atoms with Gasteiger partial charge in [-0.3, -0.25) is 0 Å². The maximum atomic E-state index is 5.90. The molecule has 1 aromatic rings. The first-order chi connectivity index (χ1) is 13.3. The summed E-state index contributed by atoms with van der Waals surface area (Å²) < 4.78 is 17.7. The van der Waals surface area contributed by atoms with Crippen LogP contribution < -0.4 is 14.2 Å². The van der Waals surface area contributed by atoms with E-state index in [-0.39, 0.29) is 0 Å². The Morgan fingerprint density at radius 3 is 1.07 bits per heavy atom. The highest BCUT2D eigenvalue weighted by Gasteiger charge is 2.05. The molecule has 1 rings (SSSR count). The van der Waals surface area contributed by atoms with Crippen LogP contribution in [-0.2, 0) is 0 Å². The Labute approximate surface area is 165 Å². The van der Waals surface area contributed by atoms with E-state index in [1.54, 1.807) is 0 Å². The molecule has 0 bridgehead atoms. The van der Waals surface area contributed by atoms with Gasteiger partial charge in [0.25, 0.3) is 0 Å². The largest absolute Gasteiger partial charge is 0.493 e. The number of hydrogen-bond acceptors (Lipinski definition) is 3.